The summed E-state index contributed by atoms with van der Waals surface area (Å²) in [6.07, 6.45) is 0.768. The molecular weight excluding hydrogens is 330 g/mol. The van der Waals surface area contributed by atoms with Gasteiger partial charge >= 0.3 is 0 Å². The highest BCUT2D eigenvalue weighted by atomic mass is 32.1. The number of benzene rings is 1. The SMILES string of the molecule is Cc1nn(C(C)C)c(C)c1NC(=O)c1ccccc1Cc1cccs1. The number of anilines is 1. The summed E-state index contributed by atoms with van der Waals surface area (Å²) in [4.78, 5) is 14.2. The van der Waals surface area contributed by atoms with E-state index < -0.39 is 0 Å². The summed E-state index contributed by atoms with van der Waals surface area (Å²) in [7, 11) is 0. The third kappa shape index (κ3) is 3.66. The molecule has 0 aliphatic carbocycles. The number of nitrogens with zero attached hydrogens (tertiary/aromatic N) is 2. The highest BCUT2D eigenvalue weighted by Gasteiger charge is 2.18. The van der Waals surface area contributed by atoms with Crippen LogP contribution in [0.25, 0.3) is 0 Å². The van der Waals surface area contributed by atoms with Crippen molar-refractivity contribution in [2.75, 3.05) is 5.32 Å². The molecule has 0 unspecified atom stereocenters. The molecule has 0 aliphatic rings. The van der Waals surface area contributed by atoms with Gasteiger partial charge < -0.3 is 5.32 Å². The summed E-state index contributed by atoms with van der Waals surface area (Å²) in [6.45, 7) is 8.09. The smallest absolute Gasteiger partial charge is 0.256 e. The summed E-state index contributed by atoms with van der Waals surface area (Å²) < 4.78 is 1.95. The Bertz CT molecular complexity index is 878. The Kier molecular flexibility index (Phi) is 5.04. The van der Waals surface area contributed by atoms with Crippen molar-refractivity contribution in [3.63, 3.8) is 0 Å². The average Bonchev–Trinajstić information content (AvgIpc) is 3.18. The molecule has 1 aromatic carbocycles. The topological polar surface area (TPSA) is 46.9 Å². The maximum atomic E-state index is 12.9. The van der Waals surface area contributed by atoms with Crippen LogP contribution in [0.4, 0.5) is 5.69 Å². The van der Waals surface area contributed by atoms with Crippen LogP contribution in [0.3, 0.4) is 0 Å². The van der Waals surface area contributed by atoms with E-state index in [9.17, 15) is 4.79 Å². The van der Waals surface area contributed by atoms with Crippen molar-refractivity contribution >= 4 is 22.9 Å². The Balaban J connectivity index is 1.88. The highest BCUT2D eigenvalue weighted by molar-refractivity contribution is 7.09. The van der Waals surface area contributed by atoms with Gasteiger partial charge in [0.25, 0.3) is 5.91 Å². The molecule has 5 heteroatoms. The molecule has 4 nitrogen and oxygen atoms in total. The molecule has 0 saturated heterocycles. The lowest BCUT2D eigenvalue weighted by atomic mass is 10.0. The molecule has 1 N–H and O–H groups in total. The van der Waals surface area contributed by atoms with E-state index in [0.717, 1.165) is 29.1 Å². The molecule has 25 heavy (non-hydrogen) atoms. The first-order valence-electron chi connectivity index (χ1n) is 8.44. The fourth-order valence-electron chi connectivity index (χ4n) is 3.02. The van der Waals surface area contributed by atoms with Crippen LogP contribution < -0.4 is 5.32 Å². The number of hydrogen-bond acceptors (Lipinski definition) is 3. The van der Waals surface area contributed by atoms with Gasteiger partial charge in [0.15, 0.2) is 0 Å². The fraction of sp³-hybridized carbons (Fsp3) is 0.300. The average molecular weight is 353 g/mol. The van der Waals surface area contributed by atoms with Crippen molar-refractivity contribution in [3.8, 4) is 0 Å². The normalized spacial score (nSPS) is 11.1. The van der Waals surface area contributed by atoms with E-state index >= 15 is 0 Å². The molecule has 3 rings (SSSR count). The lowest BCUT2D eigenvalue weighted by Crippen LogP contribution is -2.15. The Hall–Kier alpha value is -2.40. The van der Waals surface area contributed by atoms with E-state index in [2.05, 4.69) is 35.7 Å². The number of thiophene rings is 1. The van der Waals surface area contributed by atoms with Crippen LogP contribution >= 0.6 is 11.3 Å². The van der Waals surface area contributed by atoms with Crippen LogP contribution in [0, 0.1) is 13.8 Å². The van der Waals surface area contributed by atoms with E-state index in [1.807, 2.05) is 48.9 Å². The molecule has 0 bridgehead atoms. The molecule has 1 amide bonds. The lowest BCUT2D eigenvalue weighted by Gasteiger charge is -2.11. The van der Waals surface area contributed by atoms with Crippen LogP contribution in [0.15, 0.2) is 41.8 Å². The summed E-state index contributed by atoms with van der Waals surface area (Å²) in [5.74, 6) is -0.0818. The Morgan fingerprint density at radius 2 is 1.96 bits per heavy atom. The second-order valence-electron chi connectivity index (χ2n) is 6.45. The molecule has 2 aromatic heterocycles. The highest BCUT2D eigenvalue weighted by Crippen LogP contribution is 2.24. The van der Waals surface area contributed by atoms with Gasteiger partial charge in [-0.25, -0.2) is 0 Å². The summed E-state index contributed by atoms with van der Waals surface area (Å²) >= 11 is 1.71. The van der Waals surface area contributed by atoms with E-state index in [-0.39, 0.29) is 11.9 Å². The first-order valence-corrected chi connectivity index (χ1v) is 9.32. The Labute approximate surface area is 152 Å². The summed E-state index contributed by atoms with van der Waals surface area (Å²) in [5, 5.41) is 9.67. The second kappa shape index (κ2) is 7.23. The van der Waals surface area contributed by atoms with Gasteiger partial charge in [-0.1, -0.05) is 24.3 Å². The number of carbonyl (C=O) groups is 1. The van der Waals surface area contributed by atoms with Gasteiger partial charge in [0.2, 0.25) is 0 Å². The Morgan fingerprint density at radius 1 is 1.20 bits per heavy atom. The second-order valence-corrected chi connectivity index (χ2v) is 7.48. The monoisotopic (exact) mass is 353 g/mol. The number of amides is 1. The maximum absolute atomic E-state index is 12.9. The first-order chi connectivity index (χ1) is 12.0. The van der Waals surface area contributed by atoms with E-state index in [0.29, 0.717) is 5.56 Å². The predicted molar refractivity (Wildman–Crippen MR) is 104 cm³/mol. The van der Waals surface area contributed by atoms with Crippen LogP contribution in [-0.4, -0.2) is 15.7 Å². The lowest BCUT2D eigenvalue weighted by molar-refractivity contribution is 0.102. The minimum Gasteiger partial charge on any atom is -0.319 e. The zero-order valence-electron chi connectivity index (χ0n) is 15.0. The zero-order chi connectivity index (χ0) is 18.0. The largest absolute Gasteiger partial charge is 0.319 e. The van der Waals surface area contributed by atoms with Crippen LogP contribution in [0.1, 0.15) is 52.1 Å². The molecule has 3 aromatic rings. The van der Waals surface area contributed by atoms with Crippen molar-refractivity contribution in [2.24, 2.45) is 0 Å². The zero-order valence-corrected chi connectivity index (χ0v) is 15.9. The molecule has 0 saturated carbocycles. The van der Waals surface area contributed by atoms with E-state index in [1.54, 1.807) is 11.3 Å². The van der Waals surface area contributed by atoms with Crippen LogP contribution in [-0.2, 0) is 6.42 Å². The molecule has 130 valence electrons. The van der Waals surface area contributed by atoms with Gasteiger partial charge in [-0.05, 0) is 50.8 Å². The van der Waals surface area contributed by atoms with Gasteiger partial charge in [0.05, 0.1) is 17.1 Å². The van der Waals surface area contributed by atoms with Gasteiger partial charge in [-0.15, -0.1) is 11.3 Å². The maximum Gasteiger partial charge on any atom is 0.256 e. The molecular formula is C20H23N3OS. The third-order valence-corrected chi connectivity index (χ3v) is 5.14. The van der Waals surface area contributed by atoms with Crippen molar-refractivity contribution in [2.45, 2.75) is 40.2 Å². The fourth-order valence-corrected chi connectivity index (χ4v) is 3.75. The third-order valence-electron chi connectivity index (χ3n) is 4.26. The number of nitrogens with one attached hydrogen (secondary N) is 1. The van der Waals surface area contributed by atoms with Crippen LogP contribution in [0.5, 0.6) is 0 Å². The van der Waals surface area contributed by atoms with Crippen LogP contribution in [0.2, 0.25) is 0 Å². The molecule has 0 spiro atoms. The number of rotatable bonds is 5. The minimum atomic E-state index is -0.0818. The van der Waals surface area contributed by atoms with Crippen molar-refractivity contribution in [3.05, 3.63) is 69.2 Å². The number of hydrogen-bond donors (Lipinski definition) is 1. The standard InChI is InChI=1S/C20H23N3OS/c1-13(2)23-15(4)19(14(3)22-23)21-20(24)18-10-6-5-8-16(18)12-17-9-7-11-25-17/h5-11,13H,12H2,1-4H3,(H,21,24). The van der Waals surface area contributed by atoms with Gasteiger partial charge in [0.1, 0.15) is 0 Å². The molecule has 0 atom stereocenters. The molecule has 0 fully saturated rings. The molecule has 0 radical (unpaired) electrons. The van der Waals surface area contributed by atoms with Crippen molar-refractivity contribution < 1.29 is 4.79 Å². The number of aromatic nitrogens is 2. The Morgan fingerprint density at radius 3 is 2.60 bits per heavy atom. The van der Waals surface area contributed by atoms with Gasteiger partial charge in [0, 0.05) is 22.9 Å². The minimum absolute atomic E-state index is 0.0818. The number of aryl methyl sites for hydroxylation is 1. The summed E-state index contributed by atoms with van der Waals surface area (Å²) in [5.41, 5.74) is 4.39. The predicted octanol–water partition coefficient (Wildman–Crippen LogP) is 4.99. The number of carbonyl (C=O) groups excluding carboxylic acids is 1. The summed E-state index contributed by atoms with van der Waals surface area (Å²) in [6, 6.07) is 12.2. The van der Waals surface area contributed by atoms with Crippen molar-refractivity contribution in [1.82, 2.24) is 9.78 Å². The van der Waals surface area contributed by atoms with Crippen molar-refractivity contribution in [1.29, 1.82) is 0 Å². The van der Waals surface area contributed by atoms with Gasteiger partial charge in [-0.2, -0.15) is 5.10 Å². The molecule has 2 heterocycles. The molecule has 0 aliphatic heterocycles. The first kappa shape index (κ1) is 17.4. The van der Waals surface area contributed by atoms with E-state index in [1.165, 1.54) is 4.88 Å². The van der Waals surface area contributed by atoms with E-state index in [4.69, 9.17) is 0 Å². The quantitative estimate of drug-likeness (QED) is 0.703. The van der Waals surface area contributed by atoms with Gasteiger partial charge in [-0.3, -0.25) is 9.48 Å².